The van der Waals surface area contributed by atoms with Crippen molar-refractivity contribution in [2.75, 3.05) is 30.9 Å². The number of hydrogen-bond donors (Lipinski definition) is 3. The third kappa shape index (κ3) is 6.64. The van der Waals surface area contributed by atoms with Gasteiger partial charge in [-0.15, -0.1) is 0 Å². The summed E-state index contributed by atoms with van der Waals surface area (Å²) in [7, 11) is -3.57. The zero-order valence-corrected chi connectivity index (χ0v) is 20.0. The summed E-state index contributed by atoms with van der Waals surface area (Å²) in [6, 6.07) is 21.4. The molecule has 1 atom stereocenters. The summed E-state index contributed by atoms with van der Waals surface area (Å²) in [6.07, 6.45) is 5.18. The van der Waals surface area contributed by atoms with E-state index in [0.29, 0.717) is 37.8 Å². The van der Waals surface area contributed by atoms with Crippen molar-refractivity contribution in [2.24, 2.45) is 0 Å². The first-order valence-corrected chi connectivity index (χ1v) is 13.2. The number of benzene rings is 2. The predicted molar refractivity (Wildman–Crippen MR) is 135 cm³/mol. The highest BCUT2D eigenvalue weighted by Gasteiger charge is 2.28. The van der Waals surface area contributed by atoms with Gasteiger partial charge in [-0.25, -0.2) is 0 Å². The van der Waals surface area contributed by atoms with Gasteiger partial charge < -0.3 is 10.4 Å². The summed E-state index contributed by atoms with van der Waals surface area (Å²) in [5, 5.41) is 13.4. The van der Waals surface area contributed by atoms with Crippen LogP contribution >= 0.6 is 0 Å². The van der Waals surface area contributed by atoms with Crippen LogP contribution in [0.15, 0.2) is 79.1 Å². The van der Waals surface area contributed by atoms with Crippen LogP contribution in [0.1, 0.15) is 41.6 Å². The molecular weight excluding hydrogens is 448 g/mol. The summed E-state index contributed by atoms with van der Waals surface area (Å²) in [5.74, 6) is 0.408. The molecule has 1 saturated heterocycles. The van der Waals surface area contributed by atoms with Gasteiger partial charge in [-0.05, 0) is 61.1 Å². The molecule has 7 nitrogen and oxygen atoms in total. The summed E-state index contributed by atoms with van der Waals surface area (Å²) < 4.78 is 30.0. The van der Waals surface area contributed by atoms with Crippen LogP contribution in [0.3, 0.4) is 0 Å². The van der Waals surface area contributed by atoms with E-state index >= 15 is 0 Å². The second kappa shape index (κ2) is 11.6. The molecule has 180 valence electrons. The zero-order chi connectivity index (χ0) is 23.8. The van der Waals surface area contributed by atoms with Gasteiger partial charge in [-0.2, -0.15) is 12.7 Å². The van der Waals surface area contributed by atoms with Crippen LogP contribution in [0, 0.1) is 0 Å². The Morgan fingerprint density at radius 1 is 1.00 bits per heavy atom. The summed E-state index contributed by atoms with van der Waals surface area (Å²) in [4.78, 5) is 4.02. The van der Waals surface area contributed by atoms with E-state index < -0.39 is 16.3 Å². The molecule has 3 aromatic rings. The van der Waals surface area contributed by atoms with E-state index in [0.717, 1.165) is 30.4 Å². The Labute approximate surface area is 202 Å². The number of nitrogens with one attached hydrogen (secondary N) is 2. The largest absolute Gasteiger partial charge is 0.387 e. The first-order chi connectivity index (χ1) is 16.5. The van der Waals surface area contributed by atoms with Crippen molar-refractivity contribution in [3.63, 3.8) is 0 Å². The third-order valence-electron chi connectivity index (χ3n) is 6.26. The highest BCUT2D eigenvalue weighted by Crippen LogP contribution is 2.29. The molecule has 0 aliphatic carbocycles. The van der Waals surface area contributed by atoms with Gasteiger partial charge in [0.1, 0.15) is 0 Å². The number of rotatable bonds is 10. The van der Waals surface area contributed by atoms with E-state index in [2.05, 4.69) is 27.2 Å². The number of anilines is 1. The maximum atomic E-state index is 12.9. The van der Waals surface area contributed by atoms with Crippen LogP contribution in [-0.4, -0.2) is 49.0 Å². The van der Waals surface area contributed by atoms with Crippen LogP contribution in [0.5, 0.6) is 0 Å². The van der Waals surface area contributed by atoms with E-state index in [4.69, 9.17) is 0 Å². The number of aromatic nitrogens is 1. The lowest BCUT2D eigenvalue weighted by molar-refractivity contribution is 0.174. The molecule has 1 fully saturated rings. The number of aliphatic hydroxyl groups excluding tert-OH is 1. The van der Waals surface area contributed by atoms with Crippen LogP contribution in [0.25, 0.3) is 0 Å². The van der Waals surface area contributed by atoms with Crippen molar-refractivity contribution in [1.29, 1.82) is 0 Å². The minimum atomic E-state index is -3.57. The molecule has 34 heavy (non-hydrogen) atoms. The molecule has 0 bridgehead atoms. The molecule has 4 rings (SSSR count). The fourth-order valence-corrected chi connectivity index (χ4v) is 5.52. The molecule has 8 heteroatoms. The van der Waals surface area contributed by atoms with Crippen molar-refractivity contribution in [2.45, 2.75) is 31.3 Å². The maximum absolute atomic E-state index is 12.9. The predicted octanol–water partition coefficient (Wildman–Crippen LogP) is 3.48. The normalized spacial score (nSPS) is 16.3. The SMILES string of the molecule is O=S(=O)(Nc1ccc(CCNC[C@H](O)c2cccnc2)cc1)N1CCC(c2ccccc2)CC1. The quantitative estimate of drug-likeness (QED) is 0.386. The van der Waals surface area contributed by atoms with E-state index in [1.807, 2.05) is 36.4 Å². The molecule has 0 spiro atoms. The minimum absolute atomic E-state index is 0.408. The summed E-state index contributed by atoms with van der Waals surface area (Å²) >= 11 is 0. The zero-order valence-electron chi connectivity index (χ0n) is 19.2. The first-order valence-electron chi connectivity index (χ1n) is 11.7. The number of aliphatic hydroxyl groups is 1. The molecule has 0 unspecified atom stereocenters. The molecule has 0 saturated carbocycles. The number of hydrogen-bond acceptors (Lipinski definition) is 5. The molecule has 0 radical (unpaired) electrons. The summed E-state index contributed by atoms with van der Waals surface area (Å²) in [5.41, 5.74) is 3.73. The van der Waals surface area contributed by atoms with E-state index in [-0.39, 0.29) is 0 Å². The Morgan fingerprint density at radius 2 is 1.74 bits per heavy atom. The van der Waals surface area contributed by atoms with Crippen LogP contribution in [0.4, 0.5) is 5.69 Å². The fourth-order valence-electron chi connectivity index (χ4n) is 4.27. The highest BCUT2D eigenvalue weighted by molar-refractivity contribution is 7.90. The van der Waals surface area contributed by atoms with Crippen molar-refractivity contribution in [1.82, 2.24) is 14.6 Å². The van der Waals surface area contributed by atoms with E-state index in [1.165, 1.54) is 9.87 Å². The lowest BCUT2D eigenvalue weighted by Crippen LogP contribution is -2.41. The van der Waals surface area contributed by atoms with Gasteiger partial charge >= 0.3 is 10.2 Å². The minimum Gasteiger partial charge on any atom is -0.387 e. The number of nitrogens with zero attached hydrogens (tertiary/aromatic N) is 2. The summed E-state index contributed by atoms with van der Waals surface area (Å²) in [6.45, 7) is 2.19. The lowest BCUT2D eigenvalue weighted by Gasteiger charge is -2.31. The smallest absolute Gasteiger partial charge is 0.301 e. The molecule has 3 N–H and O–H groups in total. The standard InChI is InChI=1S/C26H32N4O3S/c31-26(24-7-4-15-27-19-24)20-28-16-12-21-8-10-25(11-9-21)29-34(32,33)30-17-13-23(14-18-30)22-5-2-1-3-6-22/h1-11,15,19,23,26,28-29,31H,12-14,16-18,20H2/t26-/m0/s1. The monoisotopic (exact) mass is 480 g/mol. The number of piperidine rings is 1. The average Bonchev–Trinajstić information content (AvgIpc) is 2.88. The Morgan fingerprint density at radius 3 is 2.41 bits per heavy atom. The van der Waals surface area contributed by atoms with Gasteiger partial charge in [-0.1, -0.05) is 48.5 Å². The van der Waals surface area contributed by atoms with Gasteiger partial charge in [0.15, 0.2) is 0 Å². The third-order valence-corrected chi connectivity index (χ3v) is 7.80. The van der Waals surface area contributed by atoms with Crippen LogP contribution in [-0.2, 0) is 16.6 Å². The van der Waals surface area contributed by atoms with Crippen molar-refractivity contribution in [3.05, 3.63) is 95.8 Å². The lowest BCUT2D eigenvalue weighted by atomic mass is 9.90. The average molecular weight is 481 g/mol. The topological polar surface area (TPSA) is 94.6 Å². The van der Waals surface area contributed by atoms with Crippen LogP contribution in [0.2, 0.25) is 0 Å². The van der Waals surface area contributed by atoms with E-state index in [1.54, 1.807) is 30.6 Å². The molecule has 1 aliphatic heterocycles. The molecule has 2 aromatic carbocycles. The van der Waals surface area contributed by atoms with Gasteiger partial charge in [0, 0.05) is 43.3 Å². The second-order valence-corrected chi connectivity index (χ2v) is 10.3. The first kappa shape index (κ1) is 24.3. The molecule has 1 aliphatic rings. The van der Waals surface area contributed by atoms with Gasteiger partial charge in [-0.3, -0.25) is 9.71 Å². The maximum Gasteiger partial charge on any atom is 0.301 e. The molecule has 1 aromatic heterocycles. The van der Waals surface area contributed by atoms with Crippen molar-refractivity contribution >= 4 is 15.9 Å². The van der Waals surface area contributed by atoms with Crippen molar-refractivity contribution < 1.29 is 13.5 Å². The molecule has 0 amide bonds. The van der Waals surface area contributed by atoms with E-state index in [9.17, 15) is 13.5 Å². The van der Waals surface area contributed by atoms with Gasteiger partial charge in [0.05, 0.1) is 6.10 Å². The Kier molecular flexibility index (Phi) is 8.29. The molecular formula is C26H32N4O3S. The number of pyridine rings is 1. The van der Waals surface area contributed by atoms with Gasteiger partial charge in [0.2, 0.25) is 0 Å². The Balaban J connectivity index is 1.21. The molecule has 2 heterocycles. The highest BCUT2D eigenvalue weighted by atomic mass is 32.2. The Bertz CT molecular complexity index is 1120. The fraction of sp³-hybridized carbons (Fsp3) is 0.346. The second-order valence-electron chi connectivity index (χ2n) is 8.64. The Hall–Kier alpha value is -2.78. The van der Waals surface area contributed by atoms with Gasteiger partial charge in [0.25, 0.3) is 0 Å². The van der Waals surface area contributed by atoms with Crippen molar-refractivity contribution in [3.8, 4) is 0 Å². The van der Waals surface area contributed by atoms with Crippen LogP contribution < -0.4 is 10.0 Å².